The summed E-state index contributed by atoms with van der Waals surface area (Å²) in [4.78, 5) is 43.2. The minimum absolute atomic E-state index is 0.128. The Kier molecular flexibility index (Phi) is 5.87. The maximum atomic E-state index is 13.2. The molecule has 3 heterocycles. The molecule has 1 fully saturated rings. The lowest BCUT2D eigenvalue weighted by atomic mass is 10.2. The smallest absolute Gasteiger partial charge is 0.333 e. The second kappa shape index (κ2) is 8.73. The molecule has 160 valence electrons. The Labute approximate surface area is 173 Å². The van der Waals surface area contributed by atoms with E-state index in [4.69, 9.17) is 4.42 Å². The predicted octanol–water partition coefficient (Wildman–Crippen LogP) is 1.86. The fraction of sp³-hybridized carbons (Fsp3) is 0.524. The van der Waals surface area contributed by atoms with Gasteiger partial charge in [0.2, 0.25) is 5.91 Å². The quantitative estimate of drug-likeness (QED) is 0.607. The molecule has 0 aliphatic heterocycles. The van der Waals surface area contributed by atoms with Crippen LogP contribution in [-0.2, 0) is 24.4 Å². The van der Waals surface area contributed by atoms with Gasteiger partial charge in [-0.1, -0.05) is 26.2 Å². The summed E-state index contributed by atoms with van der Waals surface area (Å²) in [6.45, 7) is 2.50. The Balaban J connectivity index is 1.74. The molecule has 0 bridgehead atoms. The zero-order valence-electron chi connectivity index (χ0n) is 17.2. The molecule has 4 rings (SSSR count). The van der Waals surface area contributed by atoms with Crippen molar-refractivity contribution in [3.8, 4) is 0 Å². The van der Waals surface area contributed by atoms with Crippen LogP contribution in [0, 0.1) is 0 Å². The maximum absolute atomic E-state index is 13.2. The summed E-state index contributed by atoms with van der Waals surface area (Å²) >= 11 is 0. The normalized spacial score (nSPS) is 14.6. The van der Waals surface area contributed by atoms with Crippen LogP contribution in [0.5, 0.6) is 0 Å². The van der Waals surface area contributed by atoms with Crippen LogP contribution in [-0.4, -0.2) is 30.6 Å². The molecule has 1 N–H and O–H groups in total. The molecule has 0 atom stereocenters. The second-order valence-corrected chi connectivity index (χ2v) is 7.85. The molecule has 30 heavy (non-hydrogen) atoms. The van der Waals surface area contributed by atoms with Gasteiger partial charge in [-0.25, -0.2) is 14.3 Å². The van der Waals surface area contributed by atoms with E-state index in [1.54, 1.807) is 23.2 Å². The molecule has 0 aromatic carbocycles. The number of aryl methyl sites for hydroxylation is 1. The van der Waals surface area contributed by atoms with E-state index in [0.717, 1.165) is 43.1 Å². The molecule has 1 saturated carbocycles. The number of aromatic nitrogens is 4. The first-order valence-corrected chi connectivity index (χ1v) is 10.6. The van der Waals surface area contributed by atoms with Crippen LogP contribution in [0.25, 0.3) is 11.2 Å². The zero-order valence-corrected chi connectivity index (χ0v) is 17.2. The van der Waals surface area contributed by atoms with E-state index in [2.05, 4.69) is 10.3 Å². The predicted molar refractivity (Wildman–Crippen MR) is 111 cm³/mol. The number of fused-ring (bicyclic) bond motifs is 1. The van der Waals surface area contributed by atoms with Gasteiger partial charge in [0.05, 0.1) is 19.1 Å². The van der Waals surface area contributed by atoms with E-state index in [-0.39, 0.29) is 18.5 Å². The highest BCUT2D eigenvalue weighted by Crippen LogP contribution is 2.17. The number of hydrogen-bond donors (Lipinski definition) is 1. The standard InChI is InChI=1S/C21H27N5O4/c1-2-3-10-25-19-18(24(14-22-19)12-16-9-6-11-30-16)20(28)26(21(25)29)13-17(27)23-15-7-4-5-8-15/h6,9,11,14-15H,2-5,7-8,10,12-13H2,1H3,(H,23,27). The maximum Gasteiger partial charge on any atom is 0.333 e. The molecule has 3 aromatic rings. The molecular formula is C21H27N5O4. The van der Waals surface area contributed by atoms with Crippen LogP contribution in [0.4, 0.5) is 0 Å². The highest BCUT2D eigenvalue weighted by atomic mass is 16.3. The van der Waals surface area contributed by atoms with E-state index in [1.807, 2.05) is 13.0 Å². The summed E-state index contributed by atoms with van der Waals surface area (Å²) in [5.41, 5.74) is -0.354. The Hall–Kier alpha value is -3.10. The number of hydrogen-bond acceptors (Lipinski definition) is 5. The molecule has 0 unspecified atom stereocenters. The lowest BCUT2D eigenvalue weighted by molar-refractivity contribution is -0.122. The number of carbonyl (C=O) groups is 1. The SMILES string of the molecule is CCCCn1c(=O)n(CC(=O)NC2CCCC2)c(=O)c2c1ncn2Cc1ccco1. The van der Waals surface area contributed by atoms with Crippen LogP contribution in [0.1, 0.15) is 51.2 Å². The fourth-order valence-electron chi connectivity index (χ4n) is 4.07. The average Bonchev–Trinajstić information content (AvgIpc) is 3.48. The van der Waals surface area contributed by atoms with Crippen molar-refractivity contribution >= 4 is 17.1 Å². The monoisotopic (exact) mass is 413 g/mol. The summed E-state index contributed by atoms with van der Waals surface area (Å²) < 4.78 is 9.60. The summed E-state index contributed by atoms with van der Waals surface area (Å²) in [5.74, 6) is 0.366. The molecule has 0 saturated heterocycles. The van der Waals surface area contributed by atoms with Gasteiger partial charge in [-0.15, -0.1) is 0 Å². The average molecular weight is 413 g/mol. The fourth-order valence-corrected chi connectivity index (χ4v) is 4.07. The van der Waals surface area contributed by atoms with Crippen LogP contribution < -0.4 is 16.6 Å². The van der Waals surface area contributed by atoms with Gasteiger partial charge in [-0.05, 0) is 31.4 Å². The lowest BCUT2D eigenvalue weighted by Crippen LogP contribution is -2.45. The zero-order chi connectivity index (χ0) is 21.1. The number of carbonyl (C=O) groups excluding carboxylic acids is 1. The molecule has 0 spiro atoms. The largest absolute Gasteiger partial charge is 0.467 e. The van der Waals surface area contributed by atoms with E-state index < -0.39 is 11.2 Å². The summed E-state index contributed by atoms with van der Waals surface area (Å²) in [7, 11) is 0. The second-order valence-electron chi connectivity index (χ2n) is 7.85. The van der Waals surface area contributed by atoms with Crippen molar-refractivity contribution in [3.63, 3.8) is 0 Å². The molecule has 0 radical (unpaired) electrons. The minimum atomic E-state index is -0.506. The van der Waals surface area contributed by atoms with Gasteiger partial charge < -0.3 is 14.3 Å². The Morgan fingerprint density at radius 3 is 2.77 bits per heavy atom. The van der Waals surface area contributed by atoms with E-state index in [9.17, 15) is 14.4 Å². The van der Waals surface area contributed by atoms with Gasteiger partial charge in [0.25, 0.3) is 5.56 Å². The molecule has 3 aromatic heterocycles. The first-order chi connectivity index (χ1) is 14.6. The molecular weight excluding hydrogens is 386 g/mol. The van der Waals surface area contributed by atoms with Crippen LogP contribution >= 0.6 is 0 Å². The summed E-state index contributed by atoms with van der Waals surface area (Å²) in [5, 5.41) is 2.95. The first kappa shape index (κ1) is 20.2. The number of furan rings is 1. The van der Waals surface area contributed by atoms with Crippen molar-refractivity contribution in [3.05, 3.63) is 51.3 Å². The Bertz CT molecular complexity index is 1130. The summed E-state index contributed by atoms with van der Waals surface area (Å²) in [6.07, 6.45) is 8.83. The third-order valence-electron chi connectivity index (χ3n) is 5.65. The molecule has 1 aliphatic rings. The molecule has 1 aliphatic carbocycles. The van der Waals surface area contributed by atoms with E-state index in [1.165, 1.54) is 4.57 Å². The van der Waals surface area contributed by atoms with Gasteiger partial charge in [0.1, 0.15) is 12.3 Å². The highest BCUT2D eigenvalue weighted by Gasteiger charge is 2.22. The Morgan fingerprint density at radius 2 is 2.07 bits per heavy atom. The number of nitrogens with one attached hydrogen (secondary N) is 1. The van der Waals surface area contributed by atoms with Gasteiger partial charge in [0, 0.05) is 12.6 Å². The Morgan fingerprint density at radius 1 is 1.27 bits per heavy atom. The van der Waals surface area contributed by atoms with E-state index in [0.29, 0.717) is 30.0 Å². The van der Waals surface area contributed by atoms with E-state index >= 15 is 0 Å². The first-order valence-electron chi connectivity index (χ1n) is 10.6. The molecule has 9 nitrogen and oxygen atoms in total. The third-order valence-corrected chi connectivity index (χ3v) is 5.65. The van der Waals surface area contributed by atoms with Crippen molar-refractivity contribution in [1.29, 1.82) is 0 Å². The van der Waals surface area contributed by atoms with Crippen LogP contribution in [0.15, 0.2) is 38.7 Å². The van der Waals surface area contributed by atoms with Gasteiger partial charge in [0.15, 0.2) is 11.2 Å². The van der Waals surface area contributed by atoms with Crippen molar-refractivity contribution in [1.82, 2.24) is 24.0 Å². The molecule has 1 amide bonds. The number of imidazole rings is 1. The van der Waals surface area contributed by atoms with Gasteiger partial charge >= 0.3 is 5.69 Å². The number of amides is 1. The number of unbranched alkanes of at least 4 members (excludes halogenated alkanes) is 1. The lowest BCUT2D eigenvalue weighted by Gasteiger charge is -2.14. The van der Waals surface area contributed by atoms with Crippen molar-refractivity contribution in [2.45, 2.75) is 71.1 Å². The van der Waals surface area contributed by atoms with Crippen molar-refractivity contribution in [2.24, 2.45) is 0 Å². The number of nitrogens with zero attached hydrogens (tertiary/aromatic N) is 4. The third kappa shape index (κ3) is 3.96. The van der Waals surface area contributed by atoms with Crippen LogP contribution in [0.3, 0.4) is 0 Å². The highest BCUT2D eigenvalue weighted by molar-refractivity contribution is 5.77. The molecule has 9 heteroatoms. The summed E-state index contributed by atoms with van der Waals surface area (Å²) in [6, 6.07) is 3.72. The topological polar surface area (TPSA) is 104 Å². The van der Waals surface area contributed by atoms with Gasteiger partial charge in [-0.3, -0.25) is 14.2 Å². The van der Waals surface area contributed by atoms with Crippen molar-refractivity contribution < 1.29 is 9.21 Å². The van der Waals surface area contributed by atoms with Gasteiger partial charge in [-0.2, -0.15) is 0 Å². The van der Waals surface area contributed by atoms with Crippen molar-refractivity contribution in [2.75, 3.05) is 0 Å². The van der Waals surface area contributed by atoms with Crippen LogP contribution in [0.2, 0.25) is 0 Å². The number of rotatable bonds is 8. The minimum Gasteiger partial charge on any atom is -0.467 e.